The standard InChI is InChI=1S/C10H8F10O5/c11-6(12)3-23-8(15,16)9(17,18)25-10(19,20)24-7(13,14)4-21-1-5-2-22-5/h3,5H,1-2,4H2. The minimum atomic E-state index is -6.32. The van der Waals surface area contributed by atoms with Crippen LogP contribution in [0.5, 0.6) is 0 Å². The van der Waals surface area contributed by atoms with Crippen LogP contribution in [0.2, 0.25) is 0 Å². The summed E-state index contributed by atoms with van der Waals surface area (Å²) in [4.78, 5) is 0. The first-order valence-electron chi connectivity index (χ1n) is 5.96. The first kappa shape index (κ1) is 21.7. The summed E-state index contributed by atoms with van der Waals surface area (Å²) in [6, 6.07) is 0. The molecule has 1 aliphatic rings. The van der Waals surface area contributed by atoms with Gasteiger partial charge in [-0.1, -0.05) is 0 Å². The maximum atomic E-state index is 13.0. The number of alkyl halides is 8. The van der Waals surface area contributed by atoms with Crippen LogP contribution in [-0.4, -0.2) is 50.5 Å². The van der Waals surface area contributed by atoms with Gasteiger partial charge in [-0.3, -0.25) is 0 Å². The second-order valence-corrected chi connectivity index (χ2v) is 4.33. The Morgan fingerprint density at radius 2 is 1.52 bits per heavy atom. The molecule has 1 aliphatic heterocycles. The van der Waals surface area contributed by atoms with E-state index in [-0.39, 0.29) is 6.61 Å². The number of hydrogen-bond donors (Lipinski definition) is 0. The van der Waals surface area contributed by atoms with Gasteiger partial charge in [0.15, 0.2) is 6.26 Å². The van der Waals surface area contributed by atoms with Gasteiger partial charge in [0.2, 0.25) is 0 Å². The predicted octanol–water partition coefficient (Wildman–Crippen LogP) is 3.52. The van der Waals surface area contributed by atoms with Crippen molar-refractivity contribution in [3.8, 4) is 0 Å². The molecular formula is C10H8F10O5. The number of ether oxygens (including phenoxy) is 5. The van der Waals surface area contributed by atoms with Gasteiger partial charge in [-0.2, -0.15) is 35.1 Å². The van der Waals surface area contributed by atoms with Gasteiger partial charge in [0.05, 0.1) is 13.2 Å². The van der Waals surface area contributed by atoms with E-state index in [0.717, 1.165) is 0 Å². The van der Waals surface area contributed by atoms with E-state index >= 15 is 0 Å². The van der Waals surface area contributed by atoms with E-state index in [4.69, 9.17) is 0 Å². The number of halogens is 10. The van der Waals surface area contributed by atoms with E-state index in [0.29, 0.717) is 0 Å². The molecule has 0 N–H and O–H groups in total. The van der Waals surface area contributed by atoms with Crippen molar-refractivity contribution in [1.82, 2.24) is 0 Å². The molecule has 1 saturated heterocycles. The van der Waals surface area contributed by atoms with Crippen LogP contribution in [0.25, 0.3) is 0 Å². The van der Waals surface area contributed by atoms with Gasteiger partial charge in [0, 0.05) is 0 Å². The second kappa shape index (κ2) is 7.51. The maximum absolute atomic E-state index is 13.0. The molecular weight excluding hydrogens is 390 g/mol. The Morgan fingerprint density at radius 1 is 0.960 bits per heavy atom. The van der Waals surface area contributed by atoms with Gasteiger partial charge in [0.1, 0.15) is 12.7 Å². The Balaban J connectivity index is 2.64. The fourth-order valence-electron chi connectivity index (χ4n) is 1.09. The van der Waals surface area contributed by atoms with Crippen LogP contribution in [0.4, 0.5) is 43.9 Å². The molecule has 0 saturated carbocycles. The smallest absolute Gasteiger partial charge is 0.428 e. The molecule has 0 spiro atoms. The minimum absolute atomic E-state index is 0.168. The van der Waals surface area contributed by atoms with Gasteiger partial charge >= 0.3 is 30.7 Å². The summed E-state index contributed by atoms with van der Waals surface area (Å²) in [5, 5.41) is 0. The van der Waals surface area contributed by atoms with E-state index < -0.39 is 56.3 Å². The quantitative estimate of drug-likeness (QED) is 0.231. The van der Waals surface area contributed by atoms with E-state index in [9.17, 15) is 43.9 Å². The van der Waals surface area contributed by atoms with E-state index in [1.54, 1.807) is 0 Å². The molecule has 0 aromatic carbocycles. The van der Waals surface area contributed by atoms with Crippen LogP contribution in [0.15, 0.2) is 12.3 Å². The van der Waals surface area contributed by atoms with Crippen molar-refractivity contribution in [3.05, 3.63) is 12.3 Å². The highest BCUT2D eigenvalue weighted by molar-refractivity contribution is 4.76. The molecule has 0 bridgehead atoms. The van der Waals surface area contributed by atoms with Crippen molar-refractivity contribution in [2.24, 2.45) is 0 Å². The minimum Gasteiger partial charge on any atom is -0.428 e. The summed E-state index contributed by atoms with van der Waals surface area (Å²) in [5.74, 6) is 0. The van der Waals surface area contributed by atoms with Crippen LogP contribution in [0.3, 0.4) is 0 Å². The molecule has 0 radical (unpaired) electrons. The van der Waals surface area contributed by atoms with E-state index in [1.165, 1.54) is 0 Å². The molecule has 1 unspecified atom stereocenters. The molecule has 5 nitrogen and oxygen atoms in total. The van der Waals surface area contributed by atoms with Gasteiger partial charge in [-0.15, -0.1) is 8.78 Å². The summed E-state index contributed by atoms with van der Waals surface area (Å²) in [7, 11) is 0. The van der Waals surface area contributed by atoms with Crippen LogP contribution in [0.1, 0.15) is 0 Å². The maximum Gasteiger partial charge on any atom is 0.495 e. The largest absolute Gasteiger partial charge is 0.495 e. The molecule has 1 rings (SSSR count). The van der Waals surface area contributed by atoms with E-state index in [2.05, 4.69) is 23.7 Å². The second-order valence-electron chi connectivity index (χ2n) is 4.33. The van der Waals surface area contributed by atoms with Gasteiger partial charge in [-0.25, -0.2) is 9.47 Å². The van der Waals surface area contributed by atoms with Gasteiger partial charge in [-0.05, 0) is 0 Å². The first-order valence-corrected chi connectivity index (χ1v) is 5.96. The third-order valence-electron chi connectivity index (χ3n) is 2.13. The Labute approximate surface area is 132 Å². The molecule has 1 atom stereocenters. The van der Waals surface area contributed by atoms with Crippen molar-refractivity contribution < 1.29 is 67.6 Å². The molecule has 148 valence electrons. The zero-order chi connectivity index (χ0) is 19.5. The summed E-state index contributed by atoms with van der Waals surface area (Å²) in [6.07, 6.45) is -28.0. The number of epoxide rings is 1. The van der Waals surface area contributed by atoms with Crippen molar-refractivity contribution in [2.75, 3.05) is 19.8 Å². The molecule has 0 amide bonds. The molecule has 0 aliphatic carbocycles. The van der Waals surface area contributed by atoms with Crippen LogP contribution < -0.4 is 0 Å². The van der Waals surface area contributed by atoms with Crippen molar-refractivity contribution in [3.63, 3.8) is 0 Å². The molecule has 25 heavy (non-hydrogen) atoms. The Bertz CT molecular complexity index is 475. The van der Waals surface area contributed by atoms with Gasteiger partial charge < -0.3 is 14.2 Å². The van der Waals surface area contributed by atoms with Crippen LogP contribution in [0, 0.1) is 0 Å². The van der Waals surface area contributed by atoms with Crippen molar-refractivity contribution in [2.45, 2.75) is 30.7 Å². The topological polar surface area (TPSA) is 49.5 Å². The SMILES string of the molecule is FC(F)=COC(F)(F)C(F)(F)OC(F)(F)OC(F)(F)COCC1CO1. The predicted molar refractivity (Wildman–Crippen MR) is 53.9 cm³/mol. The number of hydrogen-bond acceptors (Lipinski definition) is 5. The molecule has 15 heteroatoms. The van der Waals surface area contributed by atoms with Crippen LogP contribution in [-0.2, 0) is 23.7 Å². The summed E-state index contributed by atoms with van der Waals surface area (Å²) in [5.41, 5.74) is 0. The fourth-order valence-corrected chi connectivity index (χ4v) is 1.09. The zero-order valence-electron chi connectivity index (χ0n) is 11.6. The lowest BCUT2D eigenvalue weighted by molar-refractivity contribution is -0.551. The molecule has 1 heterocycles. The summed E-state index contributed by atoms with van der Waals surface area (Å²) >= 11 is 0. The summed E-state index contributed by atoms with van der Waals surface area (Å²) < 4.78 is 142. The molecule has 0 aromatic rings. The third kappa shape index (κ3) is 7.62. The summed E-state index contributed by atoms with van der Waals surface area (Å²) in [6.45, 7) is -2.14. The average molecular weight is 398 g/mol. The number of rotatable bonds is 11. The van der Waals surface area contributed by atoms with Crippen LogP contribution >= 0.6 is 0 Å². The highest BCUT2D eigenvalue weighted by Crippen LogP contribution is 2.42. The van der Waals surface area contributed by atoms with E-state index in [1.807, 2.05) is 0 Å². The lowest BCUT2D eigenvalue weighted by Gasteiger charge is -2.29. The Morgan fingerprint density at radius 3 is 2.00 bits per heavy atom. The van der Waals surface area contributed by atoms with Crippen molar-refractivity contribution >= 4 is 0 Å². The molecule has 1 fully saturated rings. The average Bonchev–Trinajstić information content (AvgIpc) is 3.17. The Kier molecular flexibility index (Phi) is 6.52. The highest BCUT2D eigenvalue weighted by Gasteiger charge is 2.67. The lowest BCUT2D eigenvalue weighted by Crippen LogP contribution is -2.50. The third-order valence-corrected chi connectivity index (χ3v) is 2.13. The highest BCUT2D eigenvalue weighted by atomic mass is 19.3. The fraction of sp³-hybridized carbons (Fsp3) is 0.800. The zero-order valence-corrected chi connectivity index (χ0v) is 11.6. The Hall–Kier alpha value is -1.32. The van der Waals surface area contributed by atoms with Crippen molar-refractivity contribution in [1.29, 1.82) is 0 Å². The monoisotopic (exact) mass is 398 g/mol. The molecule has 0 aromatic heterocycles. The first-order chi connectivity index (χ1) is 11.2. The normalized spacial score (nSPS) is 18.9. The van der Waals surface area contributed by atoms with Gasteiger partial charge in [0.25, 0.3) is 0 Å². The lowest BCUT2D eigenvalue weighted by atomic mass is 10.5.